The van der Waals surface area contributed by atoms with Gasteiger partial charge in [-0.05, 0) is 37.0 Å². The molecule has 196 valence electrons. The lowest BCUT2D eigenvalue weighted by molar-refractivity contribution is 0.167. The van der Waals surface area contributed by atoms with E-state index in [1.165, 1.54) is 4.57 Å². The maximum Gasteiger partial charge on any atom is 0.332 e. The molecule has 0 amide bonds. The minimum atomic E-state index is -0.419. The standard InChI is InChI=1S/C28H36N6O3/c1-3-16-34-27(36)25-26(33(28(34)37)17-13-21-10-6-5-7-11-21)31-24(19-22-12-8-9-14-30-22)32(25)18-15-29-20-23(35)4-2/h5-12,14,23,29,35H,3-4,13,15-20H2,1-2H3. The molecule has 3 aromatic heterocycles. The molecule has 2 N–H and O–H groups in total. The molecular weight excluding hydrogens is 468 g/mol. The van der Waals surface area contributed by atoms with Gasteiger partial charge in [0.25, 0.3) is 5.56 Å². The van der Waals surface area contributed by atoms with Crippen LogP contribution in [0.2, 0.25) is 0 Å². The number of aliphatic hydroxyl groups is 1. The molecule has 0 aliphatic rings. The minimum absolute atomic E-state index is 0.314. The third-order valence-corrected chi connectivity index (χ3v) is 6.54. The van der Waals surface area contributed by atoms with Crippen LogP contribution in [0.15, 0.2) is 64.3 Å². The molecule has 4 rings (SSSR count). The number of imidazole rings is 1. The summed E-state index contributed by atoms with van der Waals surface area (Å²) < 4.78 is 4.90. The molecule has 0 spiro atoms. The Hall–Kier alpha value is -3.56. The van der Waals surface area contributed by atoms with Crippen molar-refractivity contribution >= 4 is 11.2 Å². The Morgan fingerprint density at radius 2 is 1.73 bits per heavy atom. The van der Waals surface area contributed by atoms with E-state index in [1.54, 1.807) is 10.8 Å². The second kappa shape index (κ2) is 12.6. The van der Waals surface area contributed by atoms with Crippen molar-refractivity contribution in [2.24, 2.45) is 0 Å². The first-order valence-corrected chi connectivity index (χ1v) is 13.1. The van der Waals surface area contributed by atoms with E-state index in [0.29, 0.717) is 75.4 Å². The number of nitrogens with one attached hydrogen (secondary N) is 1. The van der Waals surface area contributed by atoms with Crippen molar-refractivity contribution < 1.29 is 5.11 Å². The van der Waals surface area contributed by atoms with Gasteiger partial charge in [-0.2, -0.15) is 0 Å². The number of hydrogen-bond donors (Lipinski definition) is 2. The van der Waals surface area contributed by atoms with Crippen molar-refractivity contribution in [2.75, 3.05) is 13.1 Å². The Bertz CT molecular complexity index is 1410. The third-order valence-electron chi connectivity index (χ3n) is 6.54. The number of benzene rings is 1. The van der Waals surface area contributed by atoms with Crippen molar-refractivity contribution in [3.63, 3.8) is 0 Å². The summed E-state index contributed by atoms with van der Waals surface area (Å²) in [6.45, 7) is 6.16. The molecule has 37 heavy (non-hydrogen) atoms. The highest BCUT2D eigenvalue weighted by Crippen LogP contribution is 2.16. The molecule has 9 nitrogen and oxygen atoms in total. The first-order chi connectivity index (χ1) is 18.0. The van der Waals surface area contributed by atoms with Crippen LogP contribution in [0.25, 0.3) is 11.2 Å². The summed E-state index contributed by atoms with van der Waals surface area (Å²) in [4.78, 5) is 36.5. The number of aliphatic hydroxyl groups excluding tert-OH is 1. The average Bonchev–Trinajstić information content (AvgIpc) is 3.27. The molecule has 0 saturated carbocycles. The molecule has 1 unspecified atom stereocenters. The summed E-state index contributed by atoms with van der Waals surface area (Å²) in [5.41, 5.74) is 2.16. The van der Waals surface area contributed by atoms with Crippen LogP contribution in [0.5, 0.6) is 0 Å². The monoisotopic (exact) mass is 504 g/mol. The zero-order valence-corrected chi connectivity index (χ0v) is 21.6. The normalized spacial score (nSPS) is 12.3. The minimum Gasteiger partial charge on any atom is -0.392 e. The van der Waals surface area contributed by atoms with Crippen LogP contribution in [0.1, 0.15) is 43.8 Å². The van der Waals surface area contributed by atoms with E-state index < -0.39 is 6.10 Å². The van der Waals surface area contributed by atoms with Crippen molar-refractivity contribution in [1.82, 2.24) is 29.0 Å². The molecule has 0 fully saturated rings. The van der Waals surface area contributed by atoms with Crippen LogP contribution in [-0.2, 0) is 32.5 Å². The average molecular weight is 505 g/mol. The van der Waals surface area contributed by atoms with Crippen molar-refractivity contribution in [3.8, 4) is 0 Å². The largest absolute Gasteiger partial charge is 0.392 e. The molecule has 1 aromatic carbocycles. The highest BCUT2D eigenvalue weighted by Gasteiger charge is 2.22. The summed E-state index contributed by atoms with van der Waals surface area (Å²) in [7, 11) is 0. The summed E-state index contributed by atoms with van der Waals surface area (Å²) in [6, 6.07) is 15.7. The van der Waals surface area contributed by atoms with Crippen LogP contribution in [-0.4, -0.2) is 48.0 Å². The number of aromatic nitrogens is 5. The van der Waals surface area contributed by atoms with Gasteiger partial charge in [-0.25, -0.2) is 9.78 Å². The Morgan fingerprint density at radius 3 is 2.43 bits per heavy atom. The van der Waals surface area contributed by atoms with Gasteiger partial charge in [0.05, 0.1) is 6.10 Å². The molecule has 0 saturated heterocycles. The summed E-state index contributed by atoms with van der Waals surface area (Å²) in [5, 5.41) is 13.2. The van der Waals surface area contributed by atoms with Gasteiger partial charge in [0.15, 0.2) is 11.2 Å². The number of pyridine rings is 1. The van der Waals surface area contributed by atoms with Crippen LogP contribution >= 0.6 is 0 Å². The molecule has 4 aromatic rings. The third kappa shape index (κ3) is 6.23. The first kappa shape index (κ1) is 26.5. The van der Waals surface area contributed by atoms with Crippen molar-refractivity contribution in [1.29, 1.82) is 0 Å². The molecular formula is C28H36N6O3. The van der Waals surface area contributed by atoms with Gasteiger partial charge in [0.2, 0.25) is 0 Å². The molecule has 9 heteroatoms. The number of nitrogens with zero attached hydrogens (tertiary/aromatic N) is 5. The first-order valence-electron chi connectivity index (χ1n) is 13.1. The van der Waals surface area contributed by atoms with Crippen LogP contribution in [0.4, 0.5) is 0 Å². The molecule has 0 radical (unpaired) electrons. The number of fused-ring (bicyclic) bond motifs is 1. The van der Waals surface area contributed by atoms with Gasteiger partial charge < -0.3 is 15.0 Å². The molecule has 1 atom stereocenters. The van der Waals surface area contributed by atoms with E-state index in [9.17, 15) is 14.7 Å². The van der Waals surface area contributed by atoms with E-state index in [1.807, 2.05) is 66.9 Å². The maximum atomic E-state index is 13.7. The van der Waals surface area contributed by atoms with Gasteiger partial charge >= 0.3 is 5.69 Å². The lowest BCUT2D eigenvalue weighted by atomic mass is 10.1. The zero-order valence-electron chi connectivity index (χ0n) is 21.6. The highest BCUT2D eigenvalue weighted by molar-refractivity contribution is 5.71. The second-order valence-corrected chi connectivity index (χ2v) is 9.24. The number of rotatable bonds is 13. The quantitative estimate of drug-likeness (QED) is 0.271. The lowest BCUT2D eigenvalue weighted by Crippen LogP contribution is -2.41. The fraction of sp³-hybridized carbons (Fsp3) is 0.429. The maximum absolute atomic E-state index is 13.7. The van der Waals surface area contributed by atoms with Gasteiger partial charge in [0, 0.05) is 51.0 Å². The Balaban J connectivity index is 1.80. The summed E-state index contributed by atoms with van der Waals surface area (Å²) in [6.07, 6.45) is 3.75. The van der Waals surface area contributed by atoms with E-state index >= 15 is 0 Å². The molecule has 0 aliphatic heterocycles. The highest BCUT2D eigenvalue weighted by atomic mass is 16.3. The smallest absolute Gasteiger partial charge is 0.332 e. The predicted molar refractivity (Wildman–Crippen MR) is 145 cm³/mol. The Morgan fingerprint density at radius 1 is 0.946 bits per heavy atom. The van der Waals surface area contributed by atoms with Gasteiger partial charge in [-0.3, -0.25) is 18.9 Å². The van der Waals surface area contributed by atoms with Crippen molar-refractivity contribution in [2.45, 2.75) is 65.3 Å². The lowest BCUT2D eigenvalue weighted by Gasteiger charge is -2.14. The van der Waals surface area contributed by atoms with Gasteiger partial charge in [-0.1, -0.05) is 50.2 Å². The van der Waals surface area contributed by atoms with E-state index in [4.69, 9.17) is 4.98 Å². The summed E-state index contributed by atoms with van der Waals surface area (Å²) in [5.74, 6) is 0.686. The van der Waals surface area contributed by atoms with E-state index in [0.717, 1.165) is 11.3 Å². The van der Waals surface area contributed by atoms with Gasteiger partial charge in [-0.15, -0.1) is 0 Å². The zero-order chi connectivity index (χ0) is 26.2. The van der Waals surface area contributed by atoms with Crippen molar-refractivity contribution in [3.05, 3.63) is 92.6 Å². The SMILES string of the molecule is CCCn1c(=O)c2c(nc(Cc3ccccn3)n2CCNCC(O)CC)n(CCc2ccccc2)c1=O. The topological polar surface area (TPSA) is 107 Å². The predicted octanol–water partition coefficient (Wildman–Crippen LogP) is 2.36. The molecule has 0 aliphatic carbocycles. The number of aryl methyl sites for hydroxylation is 2. The Labute approximate surface area is 216 Å². The summed E-state index contributed by atoms with van der Waals surface area (Å²) >= 11 is 0. The fourth-order valence-electron chi connectivity index (χ4n) is 4.49. The van der Waals surface area contributed by atoms with Gasteiger partial charge in [0.1, 0.15) is 5.82 Å². The fourth-order valence-corrected chi connectivity index (χ4v) is 4.49. The van der Waals surface area contributed by atoms with E-state index in [-0.39, 0.29) is 11.2 Å². The van der Waals surface area contributed by atoms with Crippen LogP contribution < -0.4 is 16.6 Å². The number of hydrogen-bond acceptors (Lipinski definition) is 6. The van der Waals surface area contributed by atoms with E-state index in [2.05, 4.69) is 10.3 Å². The molecule has 3 heterocycles. The Kier molecular flexibility index (Phi) is 9.03. The van der Waals surface area contributed by atoms with Crippen LogP contribution in [0.3, 0.4) is 0 Å². The second-order valence-electron chi connectivity index (χ2n) is 9.24. The van der Waals surface area contributed by atoms with Crippen LogP contribution in [0, 0.1) is 0 Å². The molecule has 0 bridgehead atoms.